The molecule has 5 heteroatoms. The van der Waals surface area contributed by atoms with Crippen LogP contribution in [0.5, 0.6) is 0 Å². The van der Waals surface area contributed by atoms with Gasteiger partial charge in [0.1, 0.15) is 6.10 Å². The van der Waals surface area contributed by atoms with Crippen molar-refractivity contribution >= 4 is 12.4 Å². The minimum atomic E-state index is -0.250. The van der Waals surface area contributed by atoms with Crippen LogP contribution in [0.1, 0.15) is 26.2 Å². The molecule has 0 aromatic carbocycles. The number of carboxylic acid groups (broad SMARTS) is 1. The molecule has 0 radical (unpaired) electrons. The summed E-state index contributed by atoms with van der Waals surface area (Å²) in [6, 6.07) is 0. The largest absolute Gasteiger partial charge is 0.483 e. The number of likely N-dealkylation sites (N-methyl/N-ethyl adjacent to an activating group) is 1. The summed E-state index contributed by atoms with van der Waals surface area (Å²) in [7, 11) is 2.05. The zero-order chi connectivity index (χ0) is 11.7. The molecule has 15 heavy (non-hydrogen) atoms. The van der Waals surface area contributed by atoms with E-state index in [1.807, 2.05) is 14.0 Å². The fraction of sp³-hybridized carbons (Fsp3) is 0.800. The molecule has 1 fully saturated rings. The molecule has 1 N–H and O–H groups in total. The van der Waals surface area contributed by atoms with Crippen molar-refractivity contribution in [3.05, 3.63) is 0 Å². The molecule has 1 heterocycles. The van der Waals surface area contributed by atoms with Crippen molar-refractivity contribution in [3.8, 4) is 0 Å². The average molecular weight is 217 g/mol. The normalized spacial score (nSPS) is 20.3. The lowest BCUT2D eigenvalue weighted by Crippen LogP contribution is -2.21. The quantitative estimate of drug-likeness (QED) is 0.557. The van der Waals surface area contributed by atoms with Crippen molar-refractivity contribution in [2.45, 2.75) is 32.3 Å². The molecule has 88 valence electrons. The predicted molar refractivity (Wildman–Crippen MR) is 55.6 cm³/mol. The minimum Gasteiger partial charge on any atom is -0.483 e. The summed E-state index contributed by atoms with van der Waals surface area (Å²) < 4.78 is 5.24. The van der Waals surface area contributed by atoms with E-state index in [0.29, 0.717) is 6.42 Å². The number of likely N-dealkylation sites (tertiary alicyclic amines) is 1. The summed E-state index contributed by atoms with van der Waals surface area (Å²) in [5.41, 5.74) is 0. The summed E-state index contributed by atoms with van der Waals surface area (Å²) in [5.74, 6) is -0.0437. The standard InChI is InChI=1S/C9H17NO2.CH2O2/c1-3-4-9(11)12-8-5-6-10(2)7-8;2-1-3/h8H,3-7H2,1-2H3;1H,(H,2,3). The summed E-state index contributed by atoms with van der Waals surface area (Å²) >= 11 is 0. The summed E-state index contributed by atoms with van der Waals surface area (Å²) in [6.45, 7) is 3.68. The number of hydrogen-bond donors (Lipinski definition) is 1. The van der Waals surface area contributed by atoms with Gasteiger partial charge in [-0.2, -0.15) is 0 Å². The first-order chi connectivity index (χ1) is 7.13. The Balaban J connectivity index is 0.000000583. The van der Waals surface area contributed by atoms with Gasteiger partial charge in [0.15, 0.2) is 0 Å². The molecular formula is C10H19NO4. The van der Waals surface area contributed by atoms with Gasteiger partial charge in [-0.1, -0.05) is 6.92 Å². The first-order valence-electron chi connectivity index (χ1n) is 5.09. The Morgan fingerprint density at radius 1 is 1.67 bits per heavy atom. The SMILES string of the molecule is CCCC(=O)OC1CCN(C)C1.O=CO. The van der Waals surface area contributed by atoms with Gasteiger partial charge in [-0.3, -0.25) is 9.59 Å². The number of carbonyl (C=O) groups is 2. The van der Waals surface area contributed by atoms with E-state index in [1.165, 1.54) is 0 Å². The Bertz CT molecular complexity index is 196. The molecule has 0 spiro atoms. The van der Waals surface area contributed by atoms with E-state index >= 15 is 0 Å². The molecule has 1 saturated heterocycles. The van der Waals surface area contributed by atoms with Crippen LogP contribution in [0.2, 0.25) is 0 Å². The highest BCUT2D eigenvalue weighted by Gasteiger charge is 2.22. The minimum absolute atomic E-state index is 0.0437. The van der Waals surface area contributed by atoms with E-state index in [4.69, 9.17) is 14.6 Å². The smallest absolute Gasteiger partial charge is 0.306 e. The number of rotatable bonds is 3. The fourth-order valence-electron chi connectivity index (χ4n) is 1.44. The Morgan fingerprint density at radius 2 is 2.27 bits per heavy atom. The van der Waals surface area contributed by atoms with Gasteiger partial charge in [0.2, 0.25) is 0 Å². The lowest BCUT2D eigenvalue weighted by molar-refractivity contribution is -0.148. The summed E-state index contributed by atoms with van der Waals surface area (Å²) in [5, 5.41) is 6.89. The third-order valence-electron chi connectivity index (χ3n) is 2.10. The van der Waals surface area contributed by atoms with Gasteiger partial charge in [-0.25, -0.2) is 0 Å². The number of hydrogen-bond acceptors (Lipinski definition) is 4. The Morgan fingerprint density at radius 3 is 2.67 bits per heavy atom. The van der Waals surface area contributed by atoms with Crippen LogP contribution in [0.25, 0.3) is 0 Å². The highest BCUT2D eigenvalue weighted by Crippen LogP contribution is 2.11. The van der Waals surface area contributed by atoms with E-state index < -0.39 is 0 Å². The third kappa shape index (κ3) is 6.90. The van der Waals surface area contributed by atoms with Crippen molar-refractivity contribution in [1.82, 2.24) is 4.90 Å². The molecule has 1 atom stereocenters. The van der Waals surface area contributed by atoms with Crippen molar-refractivity contribution in [3.63, 3.8) is 0 Å². The van der Waals surface area contributed by atoms with Crippen LogP contribution in [0, 0.1) is 0 Å². The van der Waals surface area contributed by atoms with Crippen LogP contribution in [-0.4, -0.2) is 48.7 Å². The first-order valence-corrected chi connectivity index (χ1v) is 5.09. The van der Waals surface area contributed by atoms with Crippen molar-refractivity contribution in [2.75, 3.05) is 20.1 Å². The first kappa shape index (κ1) is 13.9. The van der Waals surface area contributed by atoms with Gasteiger partial charge < -0.3 is 14.7 Å². The van der Waals surface area contributed by atoms with Crippen molar-refractivity contribution < 1.29 is 19.4 Å². The van der Waals surface area contributed by atoms with Gasteiger partial charge in [0.25, 0.3) is 6.47 Å². The zero-order valence-electron chi connectivity index (χ0n) is 9.31. The summed E-state index contributed by atoms with van der Waals surface area (Å²) in [6.07, 6.45) is 2.57. The van der Waals surface area contributed by atoms with Gasteiger partial charge in [0.05, 0.1) is 0 Å². The van der Waals surface area contributed by atoms with E-state index in [1.54, 1.807) is 0 Å². The lowest BCUT2D eigenvalue weighted by atomic mass is 10.3. The van der Waals surface area contributed by atoms with E-state index in [-0.39, 0.29) is 18.5 Å². The van der Waals surface area contributed by atoms with Crippen LogP contribution in [-0.2, 0) is 14.3 Å². The molecule has 0 aromatic heterocycles. The molecule has 5 nitrogen and oxygen atoms in total. The van der Waals surface area contributed by atoms with Gasteiger partial charge in [-0.05, 0) is 19.9 Å². The highest BCUT2D eigenvalue weighted by molar-refractivity contribution is 5.69. The topological polar surface area (TPSA) is 66.8 Å². The lowest BCUT2D eigenvalue weighted by Gasteiger charge is -2.11. The number of nitrogens with zero attached hydrogens (tertiary/aromatic N) is 1. The molecule has 0 bridgehead atoms. The van der Waals surface area contributed by atoms with E-state index in [2.05, 4.69) is 4.90 Å². The second-order valence-corrected chi connectivity index (χ2v) is 3.52. The van der Waals surface area contributed by atoms with Gasteiger partial charge in [0, 0.05) is 19.5 Å². The highest BCUT2D eigenvalue weighted by atomic mass is 16.5. The molecule has 0 aromatic rings. The Hall–Kier alpha value is -1.10. The van der Waals surface area contributed by atoms with E-state index in [0.717, 1.165) is 25.9 Å². The van der Waals surface area contributed by atoms with Crippen LogP contribution in [0.3, 0.4) is 0 Å². The molecule has 0 amide bonds. The third-order valence-corrected chi connectivity index (χ3v) is 2.10. The monoisotopic (exact) mass is 217 g/mol. The molecule has 1 rings (SSSR count). The van der Waals surface area contributed by atoms with Crippen LogP contribution < -0.4 is 0 Å². The average Bonchev–Trinajstić information content (AvgIpc) is 2.53. The van der Waals surface area contributed by atoms with Gasteiger partial charge in [-0.15, -0.1) is 0 Å². The molecular weight excluding hydrogens is 198 g/mol. The number of carbonyl (C=O) groups excluding carboxylic acids is 1. The maximum atomic E-state index is 11.1. The maximum Gasteiger partial charge on any atom is 0.306 e. The zero-order valence-corrected chi connectivity index (χ0v) is 9.31. The van der Waals surface area contributed by atoms with Crippen molar-refractivity contribution in [1.29, 1.82) is 0 Å². The number of ether oxygens (including phenoxy) is 1. The second-order valence-electron chi connectivity index (χ2n) is 3.52. The van der Waals surface area contributed by atoms with Crippen LogP contribution >= 0.6 is 0 Å². The van der Waals surface area contributed by atoms with E-state index in [9.17, 15) is 4.79 Å². The van der Waals surface area contributed by atoms with Crippen LogP contribution in [0.4, 0.5) is 0 Å². The molecule has 1 aliphatic heterocycles. The maximum absolute atomic E-state index is 11.1. The molecule has 0 aliphatic carbocycles. The predicted octanol–water partition coefficient (Wildman–Crippen LogP) is 0.735. The number of esters is 1. The molecule has 0 saturated carbocycles. The Kier molecular flexibility index (Phi) is 7.62. The van der Waals surface area contributed by atoms with Crippen LogP contribution in [0.15, 0.2) is 0 Å². The molecule has 1 unspecified atom stereocenters. The van der Waals surface area contributed by atoms with Gasteiger partial charge >= 0.3 is 5.97 Å². The summed E-state index contributed by atoms with van der Waals surface area (Å²) in [4.78, 5) is 21.6. The van der Waals surface area contributed by atoms with Crippen molar-refractivity contribution in [2.24, 2.45) is 0 Å². The molecule has 1 aliphatic rings. The fourth-order valence-corrected chi connectivity index (χ4v) is 1.44. The second kappa shape index (κ2) is 8.23. The Labute approximate surface area is 90.0 Å².